The SMILES string of the molecule is CNc1cc([C@H]2CCCN(C(=O)CCc3cccs3)C2)ccn1. The molecule has 4 nitrogen and oxygen atoms in total. The van der Waals surface area contributed by atoms with E-state index in [-0.39, 0.29) is 5.91 Å². The van der Waals surface area contributed by atoms with E-state index in [9.17, 15) is 4.79 Å². The number of anilines is 1. The van der Waals surface area contributed by atoms with Gasteiger partial charge in [-0.3, -0.25) is 4.79 Å². The Hall–Kier alpha value is -1.88. The van der Waals surface area contributed by atoms with Gasteiger partial charge in [0, 0.05) is 43.5 Å². The van der Waals surface area contributed by atoms with E-state index in [1.54, 1.807) is 11.3 Å². The third-order valence-corrected chi connectivity index (χ3v) is 5.39. The topological polar surface area (TPSA) is 45.2 Å². The van der Waals surface area contributed by atoms with Crippen molar-refractivity contribution in [2.24, 2.45) is 0 Å². The molecule has 1 atom stereocenters. The number of hydrogen-bond acceptors (Lipinski definition) is 4. The van der Waals surface area contributed by atoms with Gasteiger partial charge in [-0.05, 0) is 48.4 Å². The molecule has 0 bridgehead atoms. The zero-order valence-electron chi connectivity index (χ0n) is 13.5. The summed E-state index contributed by atoms with van der Waals surface area (Å²) in [5.41, 5.74) is 1.28. The Morgan fingerprint density at radius 1 is 1.48 bits per heavy atom. The molecule has 0 spiro atoms. The van der Waals surface area contributed by atoms with Crippen LogP contribution in [0.15, 0.2) is 35.8 Å². The largest absolute Gasteiger partial charge is 0.373 e. The molecule has 1 N–H and O–H groups in total. The standard InChI is InChI=1S/C18H23N3OS/c1-19-17-12-14(8-9-20-17)15-4-2-10-21(13-15)18(22)7-6-16-5-3-11-23-16/h3,5,8-9,11-12,15H,2,4,6-7,10,13H2,1H3,(H,19,20)/t15-/m0/s1. The van der Waals surface area contributed by atoms with Crippen LogP contribution in [0.25, 0.3) is 0 Å². The number of carbonyl (C=O) groups excluding carboxylic acids is 1. The van der Waals surface area contributed by atoms with E-state index in [0.717, 1.165) is 38.2 Å². The molecule has 0 aliphatic carbocycles. The fourth-order valence-corrected chi connectivity index (χ4v) is 3.87. The molecule has 0 radical (unpaired) electrons. The molecule has 1 aliphatic heterocycles. The summed E-state index contributed by atoms with van der Waals surface area (Å²) in [5, 5.41) is 5.15. The first kappa shape index (κ1) is 16.0. The fourth-order valence-electron chi connectivity index (χ4n) is 3.16. The smallest absolute Gasteiger partial charge is 0.222 e. The van der Waals surface area contributed by atoms with Crippen molar-refractivity contribution in [3.8, 4) is 0 Å². The van der Waals surface area contributed by atoms with Crippen LogP contribution in [0.1, 0.15) is 35.6 Å². The zero-order chi connectivity index (χ0) is 16.1. The Morgan fingerprint density at radius 2 is 2.39 bits per heavy atom. The van der Waals surface area contributed by atoms with Crippen molar-refractivity contribution in [3.63, 3.8) is 0 Å². The van der Waals surface area contributed by atoms with Gasteiger partial charge in [-0.2, -0.15) is 0 Å². The minimum atomic E-state index is 0.283. The van der Waals surface area contributed by atoms with E-state index in [1.807, 2.05) is 24.2 Å². The van der Waals surface area contributed by atoms with Crippen molar-refractivity contribution in [1.29, 1.82) is 0 Å². The number of rotatable bonds is 5. The maximum absolute atomic E-state index is 12.5. The Kier molecular flexibility index (Phi) is 5.28. The van der Waals surface area contributed by atoms with Crippen LogP contribution < -0.4 is 5.32 Å². The lowest BCUT2D eigenvalue weighted by Gasteiger charge is -2.33. The van der Waals surface area contributed by atoms with E-state index in [1.165, 1.54) is 10.4 Å². The van der Waals surface area contributed by atoms with Crippen LogP contribution in [0, 0.1) is 0 Å². The first-order valence-electron chi connectivity index (χ1n) is 8.20. The van der Waals surface area contributed by atoms with Crippen LogP contribution in [0.5, 0.6) is 0 Å². The number of aromatic nitrogens is 1. The predicted molar refractivity (Wildman–Crippen MR) is 95.0 cm³/mol. The highest BCUT2D eigenvalue weighted by molar-refractivity contribution is 7.09. The summed E-state index contributed by atoms with van der Waals surface area (Å²) < 4.78 is 0. The number of nitrogens with zero attached hydrogens (tertiary/aromatic N) is 2. The fraction of sp³-hybridized carbons (Fsp3) is 0.444. The van der Waals surface area contributed by atoms with E-state index >= 15 is 0 Å². The number of thiophene rings is 1. The molecule has 2 aromatic rings. The van der Waals surface area contributed by atoms with Gasteiger partial charge in [0.25, 0.3) is 0 Å². The van der Waals surface area contributed by atoms with Crippen molar-refractivity contribution in [2.75, 3.05) is 25.5 Å². The van der Waals surface area contributed by atoms with Crippen molar-refractivity contribution in [3.05, 3.63) is 46.3 Å². The number of carbonyl (C=O) groups is 1. The second kappa shape index (κ2) is 7.59. The summed E-state index contributed by atoms with van der Waals surface area (Å²) in [5.74, 6) is 1.60. The van der Waals surface area contributed by atoms with Crippen LogP contribution >= 0.6 is 11.3 Å². The maximum atomic E-state index is 12.5. The van der Waals surface area contributed by atoms with Gasteiger partial charge in [-0.1, -0.05) is 6.07 Å². The van der Waals surface area contributed by atoms with Gasteiger partial charge in [-0.25, -0.2) is 4.98 Å². The summed E-state index contributed by atoms with van der Waals surface area (Å²) in [6.45, 7) is 1.72. The quantitative estimate of drug-likeness (QED) is 0.913. The monoisotopic (exact) mass is 329 g/mol. The third-order valence-electron chi connectivity index (χ3n) is 4.45. The van der Waals surface area contributed by atoms with Crippen LogP contribution in [-0.2, 0) is 11.2 Å². The van der Waals surface area contributed by atoms with Gasteiger partial charge in [0.05, 0.1) is 0 Å². The number of likely N-dealkylation sites (tertiary alicyclic amines) is 1. The van der Waals surface area contributed by atoms with Crippen molar-refractivity contribution in [2.45, 2.75) is 31.6 Å². The highest BCUT2D eigenvalue weighted by Gasteiger charge is 2.24. The molecule has 1 saturated heterocycles. The van der Waals surface area contributed by atoms with Crippen molar-refractivity contribution < 1.29 is 4.79 Å². The molecule has 122 valence electrons. The lowest BCUT2D eigenvalue weighted by atomic mass is 9.91. The lowest BCUT2D eigenvalue weighted by molar-refractivity contribution is -0.132. The highest BCUT2D eigenvalue weighted by atomic mass is 32.1. The second-order valence-electron chi connectivity index (χ2n) is 5.98. The lowest BCUT2D eigenvalue weighted by Crippen LogP contribution is -2.39. The van der Waals surface area contributed by atoms with Crippen molar-refractivity contribution >= 4 is 23.1 Å². The molecule has 3 rings (SSSR count). The molecule has 1 fully saturated rings. The summed E-state index contributed by atoms with van der Waals surface area (Å²) in [6.07, 6.45) is 5.54. The average Bonchev–Trinajstić information content (AvgIpc) is 3.13. The number of aryl methyl sites for hydroxylation is 1. The maximum Gasteiger partial charge on any atom is 0.222 e. The Labute approximate surface area is 141 Å². The summed E-state index contributed by atoms with van der Waals surface area (Å²) in [6, 6.07) is 8.33. The van der Waals surface area contributed by atoms with Gasteiger partial charge < -0.3 is 10.2 Å². The normalized spacial score (nSPS) is 18.0. The van der Waals surface area contributed by atoms with Crippen LogP contribution in [0.3, 0.4) is 0 Å². The van der Waals surface area contributed by atoms with E-state index in [0.29, 0.717) is 12.3 Å². The van der Waals surface area contributed by atoms with E-state index in [2.05, 4.69) is 33.9 Å². The molecular weight excluding hydrogens is 306 g/mol. The molecular formula is C18H23N3OS. The Balaban J connectivity index is 1.59. The number of amides is 1. The molecule has 1 amide bonds. The van der Waals surface area contributed by atoms with Gasteiger partial charge in [0.1, 0.15) is 5.82 Å². The molecule has 1 aliphatic rings. The van der Waals surface area contributed by atoms with Gasteiger partial charge in [0.15, 0.2) is 0 Å². The van der Waals surface area contributed by atoms with Crippen molar-refractivity contribution in [1.82, 2.24) is 9.88 Å². The predicted octanol–water partition coefficient (Wildman–Crippen LogP) is 3.52. The van der Waals surface area contributed by atoms with Crippen LogP contribution in [0.2, 0.25) is 0 Å². The summed E-state index contributed by atoms with van der Waals surface area (Å²) in [7, 11) is 1.88. The average molecular weight is 329 g/mol. The summed E-state index contributed by atoms with van der Waals surface area (Å²) >= 11 is 1.73. The highest BCUT2D eigenvalue weighted by Crippen LogP contribution is 2.28. The number of nitrogens with one attached hydrogen (secondary N) is 1. The molecule has 0 unspecified atom stereocenters. The first-order chi connectivity index (χ1) is 11.3. The van der Waals surface area contributed by atoms with Gasteiger partial charge in [0.2, 0.25) is 5.91 Å². The number of hydrogen-bond donors (Lipinski definition) is 1. The Bertz CT molecular complexity index is 641. The third kappa shape index (κ3) is 4.10. The first-order valence-corrected chi connectivity index (χ1v) is 9.08. The van der Waals surface area contributed by atoms with E-state index < -0.39 is 0 Å². The molecule has 0 aromatic carbocycles. The molecule has 23 heavy (non-hydrogen) atoms. The Morgan fingerprint density at radius 3 is 3.17 bits per heavy atom. The van der Waals surface area contributed by atoms with E-state index in [4.69, 9.17) is 0 Å². The van der Waals surface area contributed by atoms with Gasteiger partial charge >= 0.3 is 0 Å². The number of pyridine rings is 1. The minimum absolute atomic E-state index is 0.283. The zero-order valence-corrected chi connectivity index (χ0v) is 14.3. The van der Waals surface area contributed by atoms with Gasteiger partial charge in [-0.15, -0.1) is 11.3 Å². The second-order valence-corrected chi connectivity index (χ2v) is 7.01. The van der Waals surface area contributed by atoms with Crippen LogP contribution in [-0.4, -0.2) is 35.9 Å². The summed E-state index contributed by atoms with van der Waals surface area (Å²) in [4.78, 5) is 20.1. The molecule has 2 aromatic heterocycles. The minimum Gasteiger partial charge on any atom is -0.373 e. The molecule has 3 heterocycles. The van der Waals surface area contributed by atoms with Crippen LogP contribution in [0.4, 0.5) is 5.82 Å². The molecule has 5 heteroatoms. The number of piperidine rings is 1. The molecule has 0 saturated carbocycles.